The van der Waals surface area contributed by atoms with Gasteiger partial charge in [0, 0.05) is 17.5 Å². The van der Waals surface area contributed by atoms with Crippen LogP contribution in [0.5, 0.6) is 5.75 Å². The third-order valence-electron chi connectivity index (χ3n) is 4.63. The van der Waals surface area contributed by atoms with E-state index in [4.69, 9.17) is 9.72 Å². The summed E-state index contributed by atoms with van der Waals surface area (Å²) in [5, 5.41) is 9.33. The summed E-state index contributed by atoms with van der Waals surface area (Å²) in [5.74, 6) is 1.01. The molecule has 0 bridgehead atoms. The molecule has 0 fully saturated rings. The van der Waals surface area contributed by atoms with Crippen LogP contribution in [-0.2, 0) is 6.54 Å². The zero-order chi connectivity index (χ0) is 19.0. The number of methoxy groups -OCH3 is 1. The molecular weight excluding hydrogens is 340 g/mol. The summed E-state index contributed by atoms with van der Waals surface area (Å²) in [6.07, 6.45) is 0. The van der Waals surface area contributed by atoms with Crippen LogP contribution >= 0.6 is 0 Å². The van der Waals surface area contributed by atoms with Crippen molar-refractivity contribution in [1.29, 1.82) is 0 Å². The molecule has 6 heteroatoms. The molecule has 0 atom stereocenters. The Morgan fingerprint density at radius 1 is 1.19 bits per heavy atom. The van der Waals surface area contributed by atoms with E-state index in [0.29, 0.717) is 23.7 Å². The van der Waals surface area contributed by atoms with Gasteiger partial charge in [-0.3, -0.25) is 4.79 Å². The fourth-order valence-corrected chi connectivity index (χ4v) is 3.16. The molecule has 1 N–H and O–H groups in total. The van der Waals surface area contributed by atoms with E-state index in [0.717, 1.165) is 27.5 Å². The molecule has 27 heavy (non-hydrogen) atoms. The fraction of sp³-hybridized carbons (Fsp3) is 0.190. The molecule has 2 aromatic carbocycles. The first-order chi connectivity index (χ1) is 13.1. The molecule has 2 aromatic heterocycles. The Bertz CT molecular complexity index is 1150. The molecule has 136 valence electrons. The number of nitrogens with zero attached hydrogens (tertiary/aromatic N) is 3. The third kappa shape index (κ3) is 2.99. The zero-order valence-corrected chi connectivity index (χ0v) is 15.5. The summed E-state index contributed by atoms with van der Waals surface area (Å²) in [4.78, 5) is 17.5. The summed E-state index contributed by atoms with van der Waals surface area (Å²) in [6, 6.07) is 15.1. The van der Waals surface area contributed by atoms with Crippen LogP contribution in [0.3, 0.4) is 0 Å². The Labute approximate surface area is 156 Å². The first kappa shape index (κ1) is 17.0. The average molecular weight is 360 g/mol. The third-order valence-corrected chi connectivity index (χ3v) is 4.63. The van der Waals surface area contributed by atoms with E-state index in [-0.39, 0.29) is 5.91 Å². The highest BCUT2D eigenvalue weighted by molar-refractivity contribution is 6.09. The maximum absolute atomic E-state index is 12.7. The molecule has 1 amide bonds. The highest BCUT2D eigenvalue weighted by Crippen LogP contribution is 2.27. The number of carbonyl (C=O) groups excluding carboxylic acids is 1. The van der Waals surface area contributed by atoms with Crippen molar-refractivity contribution in [3.8, 4) is 5.75 Å². The Morgan fingerprint density at radius 3 is 2.67 bits per heavy atom. The second-order valence-corrected chi connectivity index (χ2v) is 6.35. The maximum Gasteiger partial charge on any atom is 0.256 e. The molecule has 4 rings (SSSR count). The van der Waals surface area contributed by atoms with Gasteiger partial charge in [0.1, 0.15) is 5.75 Å². The van der Waals surface area contributed by atoms with Crippen LogP contribution in [0.15, 0.2) is 48.5 Å². The highest BCUT2D eigenvalue weighted by atomic mass is 16.5. The number of pyridine rings is 1. The minimum Gasteiger partial charge on any atom is -0.497 e. The number of ether oxygens (including phenoxy) is 1. The number of aromatic nitrogens is 3. The van der Waals surface area contributed by atoms with Gasteiger partial charge in [-0.2, -0.15) is 5.10 Å². The second kappa shape index (κ2) is 6.72. The monoisotopic (exact) mass is 360 g/mol. The number of rotatable bonds is 4. The van der Waals surface area contributed by atoms with Crippen molar-refractivity contribution in [1.82, 2.24) is 14.8 Å². The molecular formula is C21H20N4O2. The minimum atomic E-state index is -0.218. The molecule has 4 aromatic rings. The van der Waals surface area contributed by atoms with Gasteiger partial charge in [0.15, 0.2) is 11.5 Å². The number of hydrogen-bond donors (Lipinski definition) is 1. The van der Waals surface area contributed by atoms with E-state index in [9.17, 15) is 4.79 Å². The number of nitrogens with one attached hydrogen (secondary N) is 1. The summed E-state index contributed by atoms with van der Waals surface area (Å²) in [5.41, 5.74) is 3.37. The van der Waals surface area contributed by atoms with Crippen molar-refractivity contribution in [2.45, 2.75) is 20.4 Å². The van der Waals surface area contributed by atoms with Gasteiger partial charge in [-0.15, -0.1) is 0 Å². The van der Waals surface area contributed by atoms with E-state index in [1.54, 1.807) is 31.4 Å². The average Bonchev–Trinajstić information content (AvgIpc) is 3.03. The number of carbonyl (C=O) groups is 1. The lowest BCUT2D eigenvalue weighted by Crippen LogP contribution is -2.12. The molecule has 0 saturated heterocycles. The highest BCUT2D eigenvalue weighted by Gasteiger charge is 2.16. The van der Waals surface area contributed by atoms with Gasteiger partial charge in [0.2, 0.25) is 0 Å². The van der Waals surface area contributed by atoms with Gasteiger partial charge >= 0.3 is 0 Å². The summed E-state index contributed by atoms with van der Waals surface area (Å²) in [7, 11) is 1.59. The van der Waals surface area contributed by atoms with Gasteiger partial charge in [0.05, 0.1) is 18.0 Å². The quantitative estimate of drug-likeness (QED) is 0.593. The van der Waals surface area contributed by atoms with Crippen LogP contribution in [0.25, 0.3) is 21.9 Å². The van der Waals surface area contributed by atoms with Gasteiger partial charge in [-0.1, -0.05) is 18.2 Å². The number of anilines is 1. The Morgan fingerprint density at radius 2 is 1.96 bits per heavy atom. The summed E-state index contributed by atoms with van der Waals surface area (Å²) >= 11 is 0. The van der Waals surface area contributed by atoms with Gasteiger partial charge in [-0.25, -0.2) is 9.67 Å². The number of para-hydroxylation sites is 1. The van der Waals surface area contributed by atoms with Crippen LogP contribution in [0.4, 0.5) is 5.82 Å². The van der Waals surface area contributed by atoms with E-state index in [1.807, 2.05) is 42.8 Å². The smallest absolute Gasteiger partial charge is 0.256 e. The SMILES string of the molecule is CCn1nc(NC(=O)c2ccc(OC)cc2)c2cc3cccc(C)c3nc21. The van der Waals surface area contributed by atoms with Crippen molar-refractivity contribution < 1.29 is 9.53 Å². The van der Waals surface area contributed by atoms with E-state index < -0.39 is 0 Å². The molecule has 0 unspecified atom stereocenters. The van der Waals surface area contributed by atoms with Crippen LogP contribution in [0, 0.1) is 6.92 Å². The first-order valence-electron chi connectivity index (χ1n) is 8.83. The largest absolute Gasteiger partial charge is 0.497 e. The molecule has 0 aliphatic heterocycles. The van der Waals surface area contributed by atoms with Crippen molar-refractivity contribution in [2.75, 3.05) is 12.4 Å². The lowest BCUT2D eigenvalue weighted by Gasteiger charge is -2.05. The van der Waals surface area contributed by atoms with Gasteiger partial charge in [-0.05, 0) is 49.7 Å². The van der Waals surface area contributed by atoms with Crippen molar-refractivity contribution in [2.24, 2.45) is 0 Å². The predicted molar refractivity (Wildman–Crippen MR) is 106 cm³/mol. The Kier molecular flexibility index (Phi) is 4.24. The Hall–Kier alpha value is -3.41. The molecule has 0 spiro atoms. The molecule has 0 aliphatic carbocycles. The second-order valence-electron chi connectivity index (χ2n) is 6.35. The van der Waals surface area contributed by atoms with Crippen LogP contribution in [-0.4, -0.2) is 27.8 Å². The number of aryl methyl sites for hydroxylation is 2. The Balaban J connectivity index is 1.77. The molecule has 2 heterocycles. The topological polar surface area (TPSA) is 69.0 Å². The zero-order valence-electron chi connectivity index (χ0n) is 15.5. The first-order valence-corrected chi connectivity index (χ1v) is 8.83. The lowest BCUT2D eigenvalue weighted by molar-refractivity contribution is 0.102. The predicted octanol–water partition coefficient (Wildman–Crippen LogP) is 4.17. The molecule has 0 aliphatic rings. The molecule has 0 saturated carbocycles. The van der Waals surface area contributed by atoms with Crippen molar-refractivity contribution in [3.05, 3.63) is 59.7 Å². The van der Waals surface area contributed by atoms with Gasteiger partial charge in [0.25, 0.3) is 5.91 Å². The van der Waals surface area contributed by atoms with Gasteiger partial charge < -0.3 is 10.1 Å². The van der Waals surface area contributed by atoms with E-state index in [1.165, 1.54) is 0 Å². The fourth-order valence-electron chi connectivity index (χ4n) is 3.16. The summed E-state index contributed by atoms with van der Waals surface area (Å²) in [6.45, 7) is 4.71. The van der Waals surface area contributed by atoms with E-state index >= 15 is 0 Å². The number of fused-ring (bicyclic) bond motifs is 2. The lowest BCUT2D eigenvalue weighted by atomic mass is 10.1. The minimum absolute atomic E-state index is 0.218. The van der Waals surface area contributed by atoms with Crippen molar-refractivity contribution >= 4 is 33.7 Å². The van der Waals surface area contributed by atoms with E-state index in [2.05, 4.69) is 10.4 Å². The maximum atomic E-state index is 12.7. The standard InChI is InChI=1S/C21H20N4O2/c1-4-25-20-17(12-15-7-5-6-13(2)18(15)22-20)19(24-25)23-21(26)14-8-10-16(27-3)11-9-14/h5-12H,4H2,1-3H3,(H,23,24,26). The summed E-state index contributed by atoms with van der Waals surface area (Å²) < 4.78 is 6.95. The molecule has 0 radical (unpaired) electrons. The van der Waals surface area contributed by atoms with Crippen LogP contribution in [0.2, 0.25) is 0 Å². The number of benzene rings is 2. The number of amides is 1. The normalized spacial score (nSPS) is 11.1. The van der Waals surface area contributed by atoms with Crippen molar-refractivity contribution in [3.63, 3.8) is 0 Å². The van der Waals surface area contributed by atoms with Crippen LogP contribution < -0.4 is 10.1 Å². The van der Waals surface area contributed by atoms with Crippen LogP contribution in [0.1, 0.15) is 22.8 Å². The molecule has 6 nitrogen and oxygen atoms in total. The number of hydrogen-bond acceptors (Lipinski definition) is 4.